The van der Waals surface area contributed by atoms with Crippen LogP contribution in [0.4, 0.5) is 8.78 Å². The van der Waals surface area contributed by atoms with E-state index in [4.69, 9.17) is 10.3 Å². The number of hydrogen-bond acceptors (Lipinski definition) is 2. The van der Waals surface area contributed by atoms with E-state index < -0.39 is 11.6 Å². The molecular formula is C10H9F2N3O. The summed E-state index contributed by atoms with van der Waals surface area (Å²) < 4.78 is 31.4. The van der Waals surface area contributed by atoms with Crippen molar-refractivity contribution in [1.82, 2.24) is 0 Å². The molecule has 0 radical (unpaired) electrons. The smallest absolute Gasteiger partial charge is 0.137 e. The Balaban J connectivity index is 2.96. The molecule has 0 aromatic heterocycles. The van der Waals surface area contributed by atoms with E-state index in [-0.39, 0.29) is 17.9 Å². The van der Waals surface area contributed by atoms with Crippen LogP contribution in [0.2, 0.25) is 0 Å². The van der Waals surface area contributed by atoms with Crippen molar-refractivity contribution in [2.75, 3.05) is 13.7 Å². The molecule has 0 atom stereocenters. The summed E-state index contributed by atoms with van der Waals surface area (Å²) >= 11 is 0. The number of methoxy groups -OCH3 is 1. The van der Waals surface area contributed by atoms with Crippen molar-refractivity contribution in [1.29, 1.82) is 0 Å². The third kappa shape index (κ3) is 2.96. The summed E-state index contributed by atoms with van der Waals surface area (Å²) in [5.74, 6) is -1.34. The van der Waals surface area contributed by atoms with E-state index in [1.54, 1.807) is 0 Å². The van der Waals surface area contributed by atoms with Crippen molar-refractivity contribution >= 4 is 6.08 Å². The van der Waals surface area contributed by atoms with Gasteiger partial charge in [-0.05, 0) is 5.53 Å². The third-order valence-electron chi connectivity index (χ3n) is 1.82. The lowest BCUT2D eigenvalue weighted by Crippen LogP contribution is -1.92. The van der Waals surface area contributed by atoms with Crippen LogP contribution >= 0.6 is 0 Å². The van der Waals surface area contributed by atoms with Gasteiger partial charge in [-0.25, -0.2) is 8.78 Å². The Morgan fingerprint density at radius 2 is 2.06 bits per heavy atom. The molecule has 0 saturated carbocycles. The van der Waals surface area contributed by atoms with E-state index in [1.165, 1.54) is 19.3 Å². The molecule has 0 unspecified atom stereocenters. The van der Waals surface area contributed by atoms with Crippen LogP contribution in [0.1, 0.15) is 5.56 Å². The van der Waals surface area contributed by atoms with E-state index in [2.05, 4.69) is 10.0 Å². The van der Waals surface area contributed by atoms with Crippen LogP contribution in [-0.4, -0.2) is 13.7 Å². The van der Waals surface area contributed by atoms with Gasteiger partial charge in [-0.15, -0.1) is 0 Å². The van der Waals surface area contributed by atoms with Gasteiger partial charge in [0.2, 0.25) is 0 Å². The standard InChI is InChI=1S/C10H9F2N3O/c1-16-7-5-9(11)8(10(12)6-7)3-2-4-14-15-13/h2-3,5-6H,4H2,1H3. The molecule has 0 heterocycles. The number of benzene rings is 1. The van der Waals surface area contributed by atoms with Crippen molar-refractivity contribution in [3.63, 3.8) is 0 Å². The van der Waals surface area contributed by atoms with Gasteiger partial charge in [-0.2, -0.15) is 0 Å². The number of rotatable bonds is 4. The maximum absolute atomic E-state index is 13.3. The summed E-state index contributed by atoms with van der Waals surface area (Å²) in [5, 5.41) is 3.20. The topological polar surface area (TPSA) is 58.0 Å². The number of ether oxygens (including phenoxy) is 1. The number of halogens is 2. The highest BCUT2D eigenvalue weighted by Gasteiger charge is 2.08. The van der Waals surface area contributed by atoms with E-state index >= 15 is 0 Å². The van der Waals surface area contributed by atoms with Crippen LogP contribution in [0.25, 0.3) is 16.5 Å². The van der Waals surface area contributed by atoms with Crippen LogP contribution in [0.3, 0.4) is 0 Å². The molecule has 0 amide bonds. The molecule has 84 valence electrons. The normalized spacial score (nSPS) is 10.2. The Kier molecular flexibility index (Phi) is 4.29. The maximum atomic E-state index is 13.3. The Morgan fingerprint density at radius 3 is 2.56 bits per heavy atom. The lowest BCUT2D eigenvalue weighted by atomic mass is 10.1. The van der Waals surface area contributed by atoms with Crippen molar-refractivity contribution < 1.29 is 13.5 Å². The maximum Gasteiger partial charge on any atom is 0.137 e. The average molecular weight is 225 g/mol. The monoisotopic (exact) mass is 225 g/mol. The minimum absolute atomic E-state index is 0.0431. The highest BCUT2D eigenvalue weighted by Crippen LogP contribution is 2.21. The van der Waals surface area contributed by atoms with Gasteiger partial charge in [0.1, 0.15) is 17.4 Å². The minimum atomic E-state index is -0.728. The van der Waals surface area contributed by atoms with Gasteiger partial charge in [0.05, 0.1) is 7.11 Å². The molecule has 0 bridgehead atoms. The van der Waals surface area contributed by atoms with Crippen molar-refractivity contribution in [2.24, 2.45) is 5.11 Å². The van der Waals surface area contributed by atoms with Crippen LogP contribution < -0.4 is 4.74 Å². The zero-order valence-corrected chi connectivity index (χ0v) is 8.52. The van der Waals surface area contributed by atoms with E-state index in [0.29, 0.717) is 0 Å². The summed E-state index contributed by atoms with van der Waals surface area (Å²) in [5.41, 5.74) is 7.81. The van der Waals surface area contributed by atoms with Crippen LogP contribution in [0.15, 0.2) is 23.3 Å². The lowest BCUT2D eigenvalue weighted by Gasteiger charge is -2.03. The largest absolute Gasteiger partial charge is 0.497 e. The molecule has 0 saturated heterocycles. The second-order valence-corrected chi connectivity index (χ2v) is 2.82. The molecule has 0 fully saturated rings. The Hall–Kier alpha value is -2.07. The highest BCUT2D eigenvalue weighted by atomic mass is 19.1. The summed E-state index contributed by atoms with van der Waals surface area (Å²) in [7, 11) is 1.32. The first-order chi connectivity index (χ1) is 7.69. The van der Waals surface area contributed by atoms with Crippen molar-refractivity contribution in [3.8, 4) is 5.75 Å². The van der Waals surface area contributed by atoms with Gasteiger partial charge >= 0.3 is 0 Å². The fraction of sp³-hybridized carbons (Fsp3) is 0.200. The SMILES string of the molecule is COc1cc(F)c(C=CCN=[N+]=[N-])c(F)c1. The quantitative estimate of drug-likeness (QED) is 0.440. The van der Waals surface area contributed by atoms with E-state index in [1.807, 2.05) is 0 Å². The summed E-state index contributed by atoms with van der Waals surface area (Å²) in [6.07, 6.45) is 2.59. The predicted molar refractivity (Wildman–Crippen MR) is 56.0 cm³/mol. The Labute approximate surface area is 90.8 Å². The number of nitrogens with zero attached hydrogens (tertiary/aromatic N) is 3. The first-order valence-corrected chi connectivity index (χ1v) is 4.39. The van der Waals surface area contributed by atoms with Crippen molar-refractivity contribution in [3.05, 3.63) is 45.8 Å². The van der Waals surface area contributed by atoms with Gasteiger partial charge in [0.25, 0.3) is 0 Å². The molecule has 0 aliphatic carbocycles. The second kappa shape index (κ2) is 5.72. The Morgan fingerprint density at radius 1 is 1.44 bits per heavy atom. The zero-order valence-electron chi connectivity index (χ0n) is 8.52. The summed E-state index contributed by atoms with van der Waals surface area (Å²) in [4.78, 5) is 2.51. The molecular weight excluding hydrogens is 216 g/mol. The fourth-order valence-corrected chi connectivity index (χ4v) is 1.09. The Bertz CT molecular complexity index is 430. The van der Waals surface area contributed by atoms with E-state index in [9.17, 15) is 8.78 Å². The lowest BCUT2D eigenvalue weighted by molar-refractivity contribution is 0.406. The molecule has 6 heteroatoms. The molecule has 0 N–H and O–H groups in total. The molecule has 16 heavy (non-hydrogen) atoms. The minimum Gasteiger partial charge on any atom is -0.497 e. The van der Waals surface area contributed by atoms with Crippen LogP contribution in [0, 0.1) is 11.6 Å². The molecule has 0 aliphatic rings. The van der Waals surface area contributed by atoms with Crippen molar-refractivity contribution in [2.45, 2.75) is 0 Å². The number of azide groups is 1. The second-order valence-electron chi connectivity index (χ2n) is 2.82. The summed E-state index contributed by atoms with van der Waals surface area (Å²) in [6, 6.07) is 2.16. The van der Waals surface area contributed by atoms with Gasteiger partial charge in [-0.1, -0.05) is 17.3 Å². The van der Waals surface area contributed by atoms with Gasteiger partial charge in [-0.3, -0.25) is 0 Å². The van der Waals surface area contributed by atoms with Crippen LogP contribution in [-0.2, 0) is 0 Å². The first-order valence-electron chi connectivity index (χ1n) is 4.39. The number of hydrogen-bond donors (Lipinski definition) is 0. The molecule has 4 nitrogen and oxygen atoms in total. The third-order valence-corrected chi connectivity index (χ3v) is 1.82. The average Bonchev–Trinajstić information content (AvgIpc) is 2.26. The highest BCUT2D eigenvalue weighted by molar-refractivity contribution is 5.52. The fourth-order valence-electron chi connectivity index (χ4n) is 1.09. The zero-order chi connectivity index (χ0) is 12.0. The molecule has 1 aromatic carbocycles. The van der Waals surface area contributed by atoms with Crippen LogP contribution in [0.5, 0.6) is 5.75 Å². The van der Waals surface area contributed by atoms with Gasteiger partial charge < -0.3 is 4.74 Å². The molecule has 0 aliphatic heterocycles. The molecule has 0 spiro atoms. The first kappa shape index (κ1) is 12.0. The van der Waals surface area contributed by atoms with Gasteiger partial charge in [0.15, 0.2) is 0 Å². The summed E-state index contributed by atoms with van der Waals surface area (Å²) in [6.45, 7) is 0.0431. The molecule has 1 rings (SSSR count). The van der Waals surface area contributed by atoms with Gasteiger partial charge in [0, 0.05) is 29.2 Å². The predicted octanol–water partition coefficient (Wildman–Crippen LogP) is 3.30. The molecule has 1 aromatic rings. The van der Waals surface area contributed by atoms with E-state index in [0.717, 1.165) is 12.1 Å².